The highest BCUT2D eigenvalue weighted by Gasteiger charge is 2.02. The number of methoxy groups -OCH3 is 2. The van der Waals surface area contributed by atoms with Crippen molar-refractivity contribution in [2.75, 3.05) is 27.8 Å². The first kappa shape index (κ1) is 19.5. The number of aliphatic imine (C=N–C) groups is 1. The summed E-state index contributed by atoms with van der Waals surface area (Å²) < 4.78 is 9.73. The van der Waals surface area contributed by atoms with E-state index >= 15 is 0 Å². The van der Waals surface area contributed by atoms with Crippen LogP contribution in [0.5, 0.6) is 5.75 Å². The van der Waals surface area contributed by atoms with Gasteiger partial charge in [0.05, 0.1) is 20.6 Å². The molecule has 0 unspecified atom stereocenters. The number of hydrogen-bond donors (Lipinski definition) is 2. The maximum atomic E-state index is 11.0. The van der Waals surface area contributed by atoms with Gasteiger partial charge in [0.15, 0.2) is 5.96 Å². The normalized spacial score (nSPS) is 10.3. The second kappa shape index (κ2) is 11.2. The summed E-state index contributed by atoms with van der Waals surface area (Å²) in [6.45, 7) is 1.10. The molecule has 1 rings (SSSR count). The van der Waals surface area contributed by atoms with Gasteiger partial charge in [0.2, 0.25) is 0 Å². The van der Waals surface area contributed by atoms with Gasteiger partial charge in [-0.2, -0.15) is 0 Å². The monoisotopic (exact) mass is 407 g/mol. The summed E-state index contributed by atoms with van der Waals surface area (Å²) in [4.78, 5) is 15.1. The molecule has 0 aliphatic rings. The van der Waals surface area contributed by atoms with Crippen molar-refractivity contribution in [3.8, 4) is 5.75 Å². The molecule has 0 aliphatic carbocycles. The maximum absolute atomic E-state index is 11.0. The van der Waals surface area contributed by atoms with Crippen LogP contribution >= 0.6 is 24.0 Å². The number of guanidine groups is 1. The van der Waals surface area contributed by atoms with Gasteiger partial charge in [-0.1, -0.05) is 12.1 Å². The topological polar surface area (TPSA) is 72.0 Å². The molecule has 21 heavy (non-hydrogen) atoms. The minimum Gasteiger partial charge on any atom is -0.497 e. The van der Waals surface area contributed by atoms with Gasteiger partial charge in [-0.15, -0.1) is 24.0 Å². The first-order valence-electron chi connectivity index (χ1n) is 6.34. The Morgan fingerprint density at radius 1 is 1.29 bits per heavy atom. The standard InChI is InChI=1S/C14H21N3O3.HI/c1-15-14(16-8-7-13(18)20-3)17-10-11-5-4-6-12(9-11)19-2;/h4-6,9H,7-8,10H2,1-3H3,(H2,15,16,17);1H. The van der Waals surface area contributed by atoms with Crippen molar-refractivity contribution in [3.05, 3.63) is 29.8 Å². The third-order valence-electron chi connectivity index (χ3n) is 2.67. The molecule has 0 aromatic heterocycles. The van der Waals surface area contributed by atoms with Gasteiger partial charge in [-0.05, 0) is 17.7 Å². The summed E-state index contributed by atoms with van der Waals surface area (Å²) in [6.07, 6.45) is 0.302. The Kier molecular flexibility index (Phi) is 10.4. The van der Waals surface area contributed by atoms with Crippen LogP contribution in [0.3, 0.4) is 0 Å². The lowest BCUT2D eigenvalue weighted by molar-refractivity contribution is -0.140. The quantitative estimate of drug-likeness (QED) is 0.324. The number of ether oxygens (including phenoxy) is 2. The van der Waals surface area contributed by atoms with Gasteiger partial charge in [0.1, 0.15) is 5.75 Å². The number of halogens is 1. The van der Waals surface area contributed by atoms with Crippen LogP contribution in [0.4, 0.5) is 0 Å². The fourth-order valence-electron chi connectivity index (χ4n) is 1.57. The fourth-order valence-corrected chi connectivity index (χ4v) is 1.57. The number of esters is 1. The summed E-state index contributed by atoms with van der Waals surface area (Å²) >= 11 is 0. The Morgan fingerprint density at radius 3 is 2.67 bits per heavy atom. The summed E-state index contributed by atoms with van der Waals surface area (Å²) in [7, 11) is 4.69. The van der Waals surface area contributed by atoms with Gasteiger partial charge in [0.25, 0.3) is 0 Å². The van der Waals surface area contributed by atoms with Gasteiger partial charge in [-0.3, -0.25) is 9.79 Å². The van der Waals surface area contributed by atoms with E-state index in [4.69, 9.17) is 4.74 Å². The molecule has 0 amide bonds. The van der Waals surface area contributed by atoms with Crippen LogP contribution in [0.2, 0.25) is 0 Å². The van der Waals surface area contributed by atoms with Crippen molar-refractivity contribution < 1.29 is 14.3 Å². The van der Waals surface area contributed by atoms with Crippen molar-refractivity contribution in [2.24, 2.45) is 4.99 Å². The Bertz CT molecular complexity index is 467. The molecule has 7 heteroatoms. The molecule has 1 aromatic carbocycles. The zero-order chi connectivity index (χ0) is 14.8. The number of carbonyl (C=O) groups excluding carboxylic acids is 1. The highest BCUT2D eigenvalue weighted by atomic mass is 127. The van der Waals surface area contributed by atoms with Crippen molar-refractivity contribution in [2.45, 2.75) is 13.0 Å². The number of nitrogens with zero attached hydrogens (tertiary/aromatic N) is 1. The van der Waals surface area contributed by atoms with E-state index in [9.17, 15) is 4.79 Å². The third-order valence-corrected chi connectivity index (χ3v) is 2.67. The van der Waals surface area contributed by atoms with Crippen LogP contribution in [-0.2, 0) is 16.1 Å². The SMILES string of the molecule is CN=C(NCCC(=O)OC)NCc1cccc(OC)c1.I. The van der Waals surface area contributed by atoms with Crippen LogP contribution in [0, 0.1) is 0 Å². The second-order valence-corrected chi connectivity index (χ2v) is 4.03. The first-order valence-corrected chi connectivity index (χ1v) is 6.34. The van der Waals surface area contributed by atoms with E-state index in [1.54, 1.807) is 14.2 Å². The van der Waals surface area contributed by atoms with E-state index in [0.717, 1.165) is 11.3 Å². The molecule has 0 aliphatic heterocycles. The largest absolute Gasteiger partial charge is 0.497 e. The molecule has 118 valence electrons. The molecule has 0 bridgehead atoms. The van der Waals surface area contributed by atoms with Gasteiger partial charge < -0.3 is 20.1 Å². The Labute approximate surface area is 142 Å². The van der Waals surface area contributed by atoms with E-state index < -0.39 is 0 Å². The van der Waals surface area contributed by atoms with Crippen molar-refractivity contribution in [1.29, 1.82) is 0 Å². The molecule has 0 atom stereocenters. The number of benzene rings is 1. The molecule has 0 radical (unpaired) electrons. The zero-order valence-corrected chi connectivity index (χ0v) is 14.8. The van der Waals surface area contributed by atoms with Crippen LogP contribution in [0.1, 0.15) is 12.0 Å². The van der Waals surface area contributed by atoms with E-state index in [0.29, 0.717) is 25.5 Å². The fraction of sp³-hybridized carbons (Fsp3) is 0.429. The minimum absolute atomic E-state index is 0. The molecule has 0 saturated carbocycles. The average molecular weight is 407 g/mol. The molecule has 0 spiro atoms. The molecule has 6 nitrogen and oxygen atoms in total. The predicted molar refractivity (Wildman–Crippen MR) is 93.2 cm³/mol. The first-order chi connectivity index (χ1) is 9.69. The lowest BCUT2D eigenvalue weighted by atomic mass is 10.2. The summed E-state index contributed by atoms with van der Waals surface area (Å²) in [5.74, 6) is 1.20. The number of nitrogens with one attached hydrogen (secondary N) is 2. The molecule has 1 aromatic rings. The average Bonchev–Trinajstić information content (AvgIpc) is 2.50. The minimum atomic E-state index is -0.249. The van der Waals surface area contributed by atoms with Gasteiger partial charge >= 0.3 is 5.97 Å². The second-order valence-electron chi connectivity index (χ2n) is 4.03. The lowest BCUT2D eigenvalue weighted by Crippen LogP contribution is -2.37. The van der Waals surface area contributed by atoms with Crippen LogP contribution in [-0.4, -0.2) is 39.7 Å². The third kappa shape index (κ3) is 7.74. The summed E-state index contributed by atoms with van der Waals surface area (Å²) in [5, 5.41) is 6.20. The highest BCUT2D eigenvalue weighted by molar-refractivity contribution is 14.0. The predicted octanol–water partition coefficient (Wildman–Crippen LogP) is 1.54. The van der Waals surface area contributed by atoms with E-state index in [-0.39, 0.29) is 29.9 Å². The van der Waals surface area contributed by atoms with Crippen molar-refractivity contribution in [1.82, 2.24) is 10.6 Å². The van der Waals surface area contributed by atoms with Crippen molar-refractivity contribution >= 4 is 35.9 Å². The van der Waals surface area contributed by atoms with Crippen molar-refractivity contribution in [3.63, 3.8) is 0 Å². The van der Waals surface area contributed by atoms with Gasteiger partial charge in [-0.25, -0.2) is 0 Å². The molecule has 0 saturated heterocycles. The molecular formula is C14H22IN3O3. The van der Waals surface area contributed by atoms with Crippen LogP contribution < -0.4 is 15.4 Å². The van der Waals surface area contributed by atoms with Crippen LogP contribution in [0.25, 0.3) is 0 Å². The Hall–Kier alpha value is -1.51. The lowest BCUT2D eigenvalue weighted by Gasteiger charge is -2.12. The van der Waals surface area contributed by atoms with E-state index in [1.807, 2.05) is 24.3 Å². The number of rotatable bonds is 6. The molecule has 0 fully saturated rings. The molecular weight excluding hydrogens is 385 g/mol. The number of hydrogen-bond acceptors (Lipinski definition) is 4. The van der Waals surface area contributed by atoms with Gasteiger partial charge in [0, 0.05) is 20.1 Å². The number of carbonyl (C=O) groups is 1. The molecule has 2 N–H and O–H groups in total. The highest BCUT2D eigenvalue weighted by Crippen LogP contribution is 2.11. The molecule has 0 heterocycles. The summed E-state index contributed by atoms with van der Waals surface area (Å²) in [6, 6.07) is 7.78. The Morgan fingerprint density at radius 2 is 2.05 bits per heavy atom. The van der Waals surface area contributed by atoms with Crippen LogP contribution in [0.15, 0.2) is 29.3 Å². The smallest absolute Gasteiger partial charge is 0.307 e. The zero-order valence-electron chi connectivity index (χ0n) is 12.5. The summed E-state index contributed by atoms with van der Waals surface area (Å²) in [5.41, 5.74) is 1.08. The Balaban J connectivity index is 0.00000400. The van der Waals surface area contributed by atoms with E-state index in [1.165, 1.54) is 7.11 Å². The van der Waals surface area contributed by atoms with E-state index in [2.05, 4.69) is 20.4 Å². The maximum Gasteiger partial charge on any atom is 0.307 e.